The normalized spacial score (nSPS) is 11.2. The van der Waals surface area contributed by atoms with Crippen LogP contribution in [0.1, 0.15) is 16.9 Å². The van der Waals surface area contributed by atoms with Crippen molar-refractivity contribution >= 4 is 44.2 Å². The van der Waals surface area contributed by atoms with Crippen LogP contribution in [0.4, 0.5) is 5.82 Å². The first-order valence-corrected chi connectivity index (χ1v) is 9.45. The van der Waals surface area contributed by atoms with E-state index in [1.54, 1.807) is 6.07 Å². The standard InChI is InChI=1S/C20H18N4O2S/c1-12-13(2)27-19-18(12)20(26)24(11-21-19)10-9-17(25)23-16-8-7-14-5-3-4-6-15(14)22-16/h3-8,11H,9-10H2,1-2H3,(H,22,23,25). The Labute approximate surface area is 159 Å². The van der Waals surface area contributed by atoms with Gasteiger partial charge in [0.05, 0.1) is 17.2 Å². The first-order valence-electron chi connectivity index (χ1n) is 8.64. The monoisotopic (exact) mass is 378 g/mol. The number of carbonyl (C=O) groups excluding carboxylic acids is 1. The predicted molar refractivity (Wildman–Crippen MR) is 108 cm³/mol. The molecule has 0 spiro atoms. The minimum absolute atomic E-state index is 0.0986. The lowest BCUT2D eigenvalue weighted by atomic mass is 10.2. The fourth-order valence-corrected chi connectivity index (χ4v) is 3.98. The molecule has 3 heterocycles. The van der Waals surface area contributed by atoms with E-state index < -0.39 is 0 Å². The lowest BCUT2D eigenvalue weighted by Gasteiger charge is -2.07. The van der Waals surface area contributed by atoms with Crippen molar-refractivity contribution in [1.29, 1.82) is 0 Å². The molecule has 136 valence electrons. The van der Waals surface area contributed by atoms with E-state index >= 15 is 0 Å². The number of benzene rings is 1. The van der Waals surface area contributed by atoms with Crippen LogP contribution in [0.15, 0.2) is 47.5 Å². The molecular formula is C20H18N4O2S. The van der Waals surface area contributed by atoms with Crippen molar-refractivity contribution in [3.05, 3.63) is 63.5 Å². The Kier molecular flexibility index (Phi) is 4.45. The van der Waals surface area contributed by atoms with Gasteiger partial charge in [-0.1, -0.05) is 18.2 Å². The molecule has 0 fully saturated rings. The lowest BCUT2D eigenvalue weighted by molar-refractivity contribution is -0.116. The van der Waals surface area contributed by atoms with Crippen LogP contribution in [0.5, 0.6) is 0 Å². The quantitative estimate of drug-likeness (QED) is 0.588. The number of anilines is 1. The SMILES string of the molecule is Cc1sc2ncn(CCC(=O)Nc3ccc4ccccc4n3)c(=O)c2c1C. The molecule has 27 heavy (non-hydrogen) atoms. The summed E-state index contributed by atoms with van der Waals surface area (Å²) in [5, 5.41) is 4.46. The molecule has 0 bridgehead atoms. The van der Waals surface area contributed by atoms with E-state index in [1.165, 1.54) is 22.2 Å². The van der Waals surface area contributed by atoms with Crippen LogP contribution < -0.4 is 10.9 Å². The smallest absolute Gasteiger partial charge is 0.262 e. The van der Waals surface area contributed by atoms with Crippen LogP contribution in [0.3, 0.4) is 0 Å². The highest BCUT2D eigenvalue weighted by atomic mass is 32.1. The van der Waals surface area contributed by atoms with Gasteiger partial charge in [-0.05, 0) is 37.6 Å². The molecule has 4 aromatic rings. The van der Waals surface area contributed by atoms with E-state index in [-0.39, 0.29) is 24.4 Å². The van der Waals surface area contributed by atoms with Gasteiger partial charge in [-0.15, -0.1) is 11.3 Å². The first kappa shape index (κ1) is 17.4. The number of para-hydroxylation sites is 1. The summed E-state index contributed by atoms with van der Waals surface area (Å²) in [5.74, 6) is 0.312. The summed E-state index contributed by atoms with van der Waals surface area (Å²) in [4.78, 5) is 35.6. The largest absolute Gasteiger partial charge is 0.311 e. The molecular weight excluding hydrogens is 360 g/mol. The molecule has 6 nitrogen and oxygen atoms in total. The van der Waals surface area contributed by atoms with Gasteiger partial charge in [0.1, 0.15) is 10.6 Å². The van der Waals surface area contributed by atoms with Gasteiger partial charge in [-0.2, -0.15) is 0 Å². The summed E-state index contributed by atoms with van der Waals surface area (Å²) >= 11 is 1.52. The number of aryl methyl sites for hydroxylation is 3. The second-order valence-corrected chi connectivity index (χ2v) is 7.60. The van der Waals surface area contributed by atoms with Gasteiger partial charge >= 0.3 is 0 Å². The van der Waals surface area contributed by atoms with E-state index in [4.69, 9.17) is 0 Å². The van der Waals surface area contributed by atoms with Crippen molar-refractivity contribution in [3.8, 4) is 0 Å². The number of thiophene rings is 1. The number of pyridine rings is 1. The molecule has 0 radical (unpaired) electrons. The number of aromatic nitrogens is 3. The van der Waals surface area contributed by atoms with Crippen molar-refractivity contribution in [3.63, 3.8) is 0 Å². The average Bonchev–Trinajstić information content (AvgIpc) is 2.96. The number of rotatable bonds is 4. The molecule has 0 aliphatic carbocycles. The molecule has 0 saturated heterocycles. The molecule has 0 aliphatic rings. The van der Waals surface area contributed by atoms with E-state index in [9.17, 15) is 9.59 Å². The number of fused-ring (bicyclic) bond motifs is 2. The van der Waals surface area contributed by atoms with E-state index in [1.807, 2.05) is 44.2 Å². The highest BCUT2D eigenvalue weighted by molar-refractivity contribution is 7.18. The Morgan fingerprint density at radius 3 is 2.85 bits per heavy atom. The molecule has 1 aromatic carbocycles. The molecule has 4 rings (SSSR count). The topological polar surface area (TPSA) is 76.9 Å². The zero-order valence-corrected chi connectivity index (χ0v) is 15.8. The number of carbonyl (C=O) groups is 1. The van der Waals surface area contributed by atoms with Crippen LogP contribution in [-0.4, -0.2) is 20.4 Å². The maximum absolute atomic E-state index is 12.7. The van der Waals surface area contributed by atoms with Crippen molar-refractivity contribution in [2.45, 2.75) is 26.8 Å². The third-order valence-electron chi connectivity index (χ3n) is 4.60. The summed E-state index contributed by atoms with van der Waals surface area (Å²) in [6.45, 7) is 4.19. The van der Waals surface area contributed by atoms with Gasteiger partial charge < -0.3 is 5.32 Å². The fraction of sp³-hybridized carbons (Fsp3) is 0.200. The third-order valence-corrected chi connectivity index (χ3v) is 5.72. The Morgan fingerprint density at radius 1 is 1.19 bits per heavy atom. The molecule has 0 atom stereocenters. The average molecular weight is 378 g/mol. The summed E-state index contributed by atoms with van der Waals surface area (Å²) < 4.78 is 1.49. The molecule has 3 aromatic heterocycles. The van der Waals surface area contributed by atoms with E-state index in [0.29, 0.717) is 11.2 Å². The maximum Gasteiger partial charge on any atom is 0.262 e. The second kappa shape index (κ2) is 6.92. The summed E-state index contributed by atoms with van der Waals surface area (Å²) in [6.07, 6.45) is 1.69. The second-order valence-electron chi connectivity index (χ2n) is 6.39. The predicted octanol–water partition coefficient (Wildman–Crippen LogP) is 3.65. The van der Waals surface area contributed by atoms with Crippen LogP contribution in [0, 0.1) is 13.8 Å². The first-order chi connectivity index (χ1) is 13.0. The van der Waals surface area contributed by atoms with Gasteiger partial charge in [-0.3, -0.25) is 14.2 Å². The minimum atomic E-state index is -0.192. The van der Waals surface area contributed by atoms with Crippen LogP contribution in [0.2, 0.25) is 0 Å². The van der Waals surface area contributed by atoms with Crippen molar-refractivity contribution in [1.82, 2.24) is 14.5 Å². The number of hydrogen-bond donors (Lipinski definition) is 1. The molecule has 1 amide bonds. The summed E-state index contributed by atoms with van der Waals surface area (Å²) in [6, 6.07) is 11.4. The molecule has 7 heteroatoms. The molecule has 0 unspecified atom stereocenters. The number of hydrogen-bond acceptors (Lipinski definition) is 5. The van der Waals surface area contributed by atoms with E-state index in [0.717, 1.165) is 26.2 Å². The number of amides is 1. The van der Waals surface area contributed by atoms with Gasteiger partial charge in [-0.25, -0.2) is 9.97 Å². The summed E-state index contributed by atoms with van der Waals surface area (Å²) in [7, 11) is 0. The molecule has 0 aliphatic heterocycles. The van der Waals surface area contributed by atoms with Crippen molar-refractivity contribution in [2.24, 2.45) is 0 Å². The van der Waals surface area contributed by atoms with Gasteiger partial charge in [0.15, 0.2) is 0 Å². The van der Waals surface area contributed by atoms with Gasteiger partial charge in [0.2, 0.25) is 5.91 Å². The Balaban J connectivity index is 1.48. The lowest BCUT2D eigenvalue weighted by Crippen LogP contribution is -2.23. The Hall–Kier alpha value is -3.06. The Morgan fingerprint density at radius 2 is 2.00 bits per heavy atom. The zero-order valence-electron chi connectivity index (χ0n) is 15.0. The number of nitrogens with zero attached hydrogens (tertiary/aromatic N) is 3. The van der Waals surface area contributed by atoms with Gasteiger partial charge in [0, 0.05) is 23.2 Å². The summed E-state index contributed by atoms with van der Waals surface area (Å²) in [5.41, 5.74) is 1.69. The van der Waals surface area contributed by atoms with Crippen LogP contribution in [0.25, 0.3) is 21.1 Å². The van der Waals surface area contributed by atoms with Crippen LogP contribution in [-0.2, 0) is 11.3 Å². The highest BCUT2D eigenvalue weighted by Crippen LogP contribution is 2.25. The zero-order chi connectivity index (χ0) is 19.0. The molecule has 0 saturated carbocycles. The number of nitrogens with one attached hydrogen (secondary N) is 1. The maximum atomic E-state index is 12.7. The van der Waals surface area contributed by atoms with E-state index in [2.05, 4.69) is 15.3 Å². The fourth-order valence-electron chi connectivity index (χ4n) is 2.99. The molecule has 1 N–H and O–H groups in total. The van der Waals surface area contributed by atoms with Crippen molar-refractivity contribution in [2.75, 3.05) is 5.32 Å². The minimum Gasteiger partial charge on any atom is -0.311 e. The van der Waals surface area contributed by atoms with Gasteiger partial charge in [0.25, 0.3) is 5.56 Å². The van der Waals surface area contributed by atoms with Crippen LogP contribution >= 0.6 is 11.3 Å². The van der Waals surface area contributed by atoms with Crippen molar-refractivity contribution < 1.29 is 4.79 Å². The highest BCUT2D eigenvalue weighted by Gasteiger charge is 2.13. The Bertz CT molecular complexity index is 1230. The third kappa shape index (κ3) is 3.33.